The Hall–Kier alpha value is -3.06. The van der Waals surface area contributed by atoms with Gasteiger partial charge in [0.05, 0.1) is 41.3 Å². The molecule has 0 aliphatic carbocycles. The van der Waals surface area contributed by atoms with Crippen LogP contribution in [0.2, 0.25) is 10.0 Å². The molecule has 4 heterocycles. The molecule has 44 heavy (non-hydrogen) atoms. The fourth-order valence-corrected chi connectivity index (χ4v) is 8.20. The molecule has 2 aliphatic rings. The molecule has 0 unspecified atom stereocenters. The summed E-state index contributed by atoms with van der Waals surface area (Å²) in [5.74, 6) is -1.25. The molecule has 9 nitrogen and oxygen atoms in total. The van der Waals surface area contributed by atoms with Gasteiger partial charge in [-0.05, 0) is 36.6 Å². The molecule has 6 rings (SSSR count). The maximum absolute atomic E-state index is 13.8. The number of amides is 2. The molecule has 2 amide bonds. The topological polar surface area (TPSA) is 112 Å². The Bertz CT molecular complexity index is 1720. The van der Waals surface area contributed by atoms with Crippen molar-refractivity contribution in [1.29, 1.82) is 0 Å². The van der Waals surface area contributed by atoms with E-state index in [1.54, 1.807) is 25.4 Å². The number of rotatable bonds is 10. The van der Waals surface area contributed by atoms with Crippen molar-refractivity contribution in [3.05, 3.63) is 79.0 Å². The lowest BCUT2D eigenvalue weighted by Crippen LogP contribution is -2.56. The predicted octanol–water partition coefficient (Wildman–Crippen LogP) is 6.15. The van der Waals surface area contributed by atoms with Gasteiger partial charge in [0, 0.05) is 64.3 Å². The predicted molar refractivity (Wildman–Crippen MR) is 173 cm³/mol. The van der Waals surface area contributed by atoms with Crippen LogP contribution in [0.25, 0.3) is 10.1 Å². The lowest BCUT2D eigenvalue weighted by Gasteiger charge is -2.42. The zero-order chi connectivity index (χ0) is 31.0. The van der Waals surface area contributed by atoms with E-state index >= 15 is 0 Å². The van der Waals surface area contributed by atoms with Crippen LogP contribution < -0.4 is 5.32 Å². The number of fused-ring (bicyclic) bond motifs is 1. The van der Waals surface area contributed by atoms with E-state index in [9.17, 15) is 14.4 Å². The van der Waals surface area contributed by atoms with E-state index in [1.807, 2.05) is 34.5 Å². The van der Waals surface area contributed by atoms with E-state index in [-0.39, 0.29) is 47.9 Å². The first-order chi connectivity index (χ1) is 21.2. The van der Waals surface area contributed by atoms with E-state index < -0.39 is 5.97 Å². The van der Waals surface area contributed by atoms with Gasteiger partial charge in [-0.15, -0.1) is 22.7 Å². The largest absolute Gasteiger partial charge is 0.481 e. The minimum absolute atomic E-state index is 0.0309. The number of nitrogens with zero attached hydrogens (tertiary/aromatic N) is 3. The molecule has 2 aromatic carbocycles. The number of carbonyl (C=O) groups is 3. The van der Waals surface area contributed by atoms with E-state index in [4.69, 9.17) is 33.0 Å². The highest BCUT2D eigenvalue weighted by Crippen LogP contribution is 2.39. The van der Waals surface area contributed by atoms with Crippen molar-refractivity contribution in [2.75, 3.05) is 32.1 Å². The number of carbonyl (C=O) groups excluding carboxylic acids is 2. The van der Waals surface area contributed by atoms with Gasteiger partial charge in [-0.25, -0.2) is 4.98 Å². The first kappa shape index (κ1) is 30.9. The van der Waals surface area contributed by atoms with Gasteiger partial charge >= 0.3 is 5.97 Å². The third-order valence-electron chi connectivity index (χ3n) is 8.22. The number of carboxylic acids is 1. The van der Waals surface area contributed by atoms with Crippen LogP contribution in [0.1, 0.15) is 44.7 Å². The van der Waals surface area contributed by atoms with Gasteiger partial charge in [0.1, 0.15) is 5.01 Å². The van der Waals surface area contributed by atoms with E-state index in [1.165, 1.54) is 22.7 Å². The van der Waals surface area contributed by atoms with Crippen LogP contribution in [0.15, 0.2) is 48.0 Å². The number of thiophene rings is 1. The van der Waals surface area contributed by atoms with Crippen LogP contribution in [0.4, 0.5) is 5.69 Å². The molecular formula is C31H30Cl2N4O5S2. The lowest BCUT2D eigenvalue weighted by atomic mass is 10.1. The Balaban J connectivity index is 1.18. The standard InChI is InChI=1S/C31H30Cl2N4O5S2/c1-42-19-14-36(15-19)18-10-26(31-34-12-20(44-31)6-7-29(39)40)37(13-18)28(38)9-17-8-24(33)25(11-23(17)32)35-30(41)22-16-43-27-5-3-2-4-21(22)27/h2-5,8,11-12,16,18-19,26H,6-7,9-10,13-15H2,1H3,(H,35,41)(H,39,40)/t18-,26-/m0/s1. The SMILES string of the molecule is COC1CN([C@H]2C[C@@H](c3ncc(CCC(=O)O)s3)N(C(=O)Cc3cc(Cl)c(NC(=O)c4csc5ccccc45)cc3Cl)C2)C1. The van der Waals surface area contributed by atoms with Crippen LogP contribution in [0.3, 0.4) is 0 Å². The number of aryl methyl sites for hydroxylation is 1. The second-order valence-electron chi connectivity index (χ2n) is 11.0. The van der Waals surface area contributed by atoms with Gasteiger partial charge in [0.2, 0.25) is 5.91 Å². The van der Waals surface area contributed by atoms with Crippen molar-refractivity contribution >= 4 is 79.4 Å². The number of halogens is 2. The first-order valence-electron chi connectivity index (χ1n) is 14.2. The average Bonchev–Trinajstić information content (AvgIpc) is 3.72. The van der Waals surface area contributed by atoms with Crippen LogP contribution in [-0.2, 0) is 27.2 Å². The molecule has 2 saturated heterocycles. The van der Waals surface area contributed by atoms with Crippen LogP contribution >= 0.6 is 45.9 Å². The average molecular weight is 674 g/mol. The number of benzene rings is 2. The molecular weight excluding hydrogens is 643 g/mol. The quantitative estimate of drug-likeness (QED) is 0.208. The maximum Gasteiger partial charge on any atom is 0.303 e. The number of aliphatic carboxylic acids is 1. The maximum atomic E-state index is 13.8. The molecule has 2 aliphatic heterocycles. The van der Waals surface area contributed by atoms with Gasteiger partial charge in [-0.3, -0.25) is 19.3 Å². The smallest absolute Gasteiger partial charge is 0.303 e. The first-order valence-corrected chi connectivity index (χ1v) is 16.6. The van der Waals surface area contributed by atoms with Crippen molar-refractivity contribution in [3.63, 3.8) is 0 Å². The monoisotopic (exact) mass is 672 g/mol. The fraction of sp³-hybridized carbons (Fsp3) is 0.355. The van der Waals surface area contributed by atoms with Gasteiger partial charge < -0.3 is 20.1 Å². The van der Waals surface area contributed by atoms with Gasteiger partial charge in [0.15, 0.2) is 0 Å². The number of aromatic nitrogens is 1. The Morgan fingerprint density at radius 3 is 2.70 bits per heavy atom. The van der Waals surface area contributed by atoms with Gasteiger partial charge in [0.25, 0.3) is 5.91 Å². The number of hydrogen-bond acceptors (Lipinski definition) is 8. The normalized spacial score (nSPS) is 18.9. The second-order valence-corrected chi connectivity index (χ2v) is 13.9. The summed E-state index contributed by atoms with van der Waals surface area (Å²) < 4.78 is 6.47. The minimum Gasteiger partial charge on any atom is -0.481 e. The molecule has 2 atom stereocenters. The van der Waals surface area contributed by atoms with Crippen LogP contribution in [-0.4, -0.2) is 76.6 Å². The zero-order valence-corrected chi connectivity index (χ0v) is 26.9. The lowest BCUT2D eigenvalue weighted by molar-refractivity contribution is -0.137. The molecule has 4 aromatic rings. The molecule has 2 N–H and O–H groups in total. The summed E-state index contributed by atoms with van der Waals surface area (Å²) in [6.45, 7) is 2.17. The van der Waals surface area contributed by atoms with Crippen molar-refractivity contribution in [1.82, 2.24) is 14.8 Å². The summed E-state index contributed by atoms with van der Waals surface area (Å²) >= 11 is 16.2. The summed E-state index contributed by atoms with van der Waals surface area (Å²) in [7, 11) is 1.71. The fourth-order valence-electron chi connectivity index (χ4n) is 5.75. The number of nitrogens with one attached hydrogen (secondary N) is 1. The van der Waals surface area contributed by atoms with Gasteiger partial charge in [-0.2, -0.15) is 0 Å². The van der Waals surface area contributed by atoms with Crippen molar-refractivity contribution in [2.45, 2.75) is 43.9 Å². The van der Waals surface area contributed by atoms with Crippen molar-refractivity contribution < 1.29 is 24.2 Å². The van der Waals surface area contributed by atoms with E-state index in [2.05, 4.69) is 15.2 Å². The Morgan fingerprint density at radius 1 is 1.14 bits per heavy atom. The molecule has 0 radical (unpaired) electrons. The van der Waals surface area contributed by atoms with Crippen molar-refractivity contribution in [3.8, 4) is 0 Å². The summed E-state index contributed by atoms with van der Waals surface area (Å²) in [6.07, 6.45) is 3.10. The summed E-state index contributed by atoms with van der Waals surface area (Å²) in [4.78, 5) is 47.6. The molecule has 2 fully saturated rings. The van der Waals surface area contributed by atoms with E-state index in [0.29, 0.717) is 34.8 Å². The number of ether oxygens (including phenoxy) is 1. The van der Waals surface area contributed by atoms with Gasteiger partial charge in [-0.1, -0.05) is 41.4 Å². The Morgan fingerprint density at radius 2 is 1.93 bits per heavy atom. The number of anilines is 1. The van der Waals surface area contributed by atoms with E-state index in [0.717, 1.165) is 39.5 Å². The second kappa shape index (κ2) is 13.1. The molecule has 230 valence electrons. The van der Waals surface area contributed by atoms with Crippen LogP contribution in [0, 0.1) is 0 Å². The molecule has 2 aromatic heterocycles. The molecule has 0 spiro atoms. The third kappa shape index (κ3) is 6.49. The third-order valence-corrected chi connectivity index (χ3v) is 11.0. The Labute approximate surface area is 272 Å². The number of likely N-dealkylation sites (tertiary alicyclic amines) is 2. The number of methoxy groups -OCH3 is 1. The summed E-state index contributed by atoms with van der Waals surface area (Å²) in [5, 5.41) is 16.0. The summed E-state index contributed by atoms with van der Waals surface area (Å²) in [5.41, 5.74) is 1.49. The molecule has 0 saturated carbocycles. The van der Waals surface area contributed by atoms with Crippen LogP contribution in [0.5, 0.6) is 0 Å². The highest BCUT2D eigenvalue weighted by molar-refractivity contribution is 7.17. The summed E-state index contributed by atoms with van der Waals surface area (Å²) in [6, 6.07) is 10.8. The zero-order valence-electron chi connectivity index (χ0n) is 23.8. The highest BCUT2D eigenvalue weighted by atomic mass is 35.5. The highest BCUT2D eigenvalue weighted by Gasteiger charge is 2.43. The number of carboxylic acid groups (broad SMARTS) is 1. The minimum atomic E-state index is -0.857. The Kier molecular flexibility index (Phi) is 9.23. The van der Waals surface area contributed by atoms with Crippen molar-refractivity contribution in [2.24, 2.45) is 0 Å². The number of thiazole rings is 1. The molecule has 0 bridgehead atoms. The molecule has 13 heteroatoms. The number of hydrogen-bond donors (Lipinski definition) is 2.